The molecule has 2 heterocycles. The van der Waals surface area contributed by atoms with Crippen molar-refractivity contribution in [1.29, 1.82) is 0 Å². The topological polar surface area (TPSA) is 148 Å². The van der Waals surface area contributed by atoms with Gasteiger partial charge in [-0.15, -0.1) is 11.3 Å². The monoisotopic (exact) mass is 466 g/mol. The first-order valence-electron chi connectivity index (χ1n) is 9.39. The van der Waals surface area contributed by atoms with E-state index in [1.165, 1.54) is 28.4 Å². The van der Waals surface area contributed by atoms with Gasteiger partial charge in [0.25, 0.3) is 5.91 Å². The van der Waals surface area contributed by atoms with Crippen LogP contribution in [-0.2, 0) is 30.8 Å². The summed E-state index contributed by atoms with van der Waals surface area (Å²) in [6.07, 6.45) is -0.234. The first-order valence-corrected chi connectivity index (χ1v) is 11.8. The van der Waals surface area contributed by atoms with E-state index in [1.54, 1.807) is 29.6 Å². The SMILES string of the molecule is NS(=O)(=O)c1ccc(CCNC(=O)C(=O)NCC2OCCN2C(=O)c2cccs2)cc1. The molecule has 4 N–H and O–H groups in total. The third-order valence-corrected chi connectivity index (χ3v) is 6.36. The summed E-state index contributed by atoms with van der Waals surface area (Å²) in [4.78, 5) is 38.6. The number of nitrogens with two attached hydrogens (primary N) is 1. The number of ether oxygens (including phenoxy) is 1. The molecule has 166 valence electrons. The Morgan fingerprint density at radius 1 is 1.13 bits per heavy atom. The summed E-state index contributed by atoms with van der Waals surface area (Å²) < 4.78 is 28.0. The maximum atomic E-state index is 12.5. The molecule has 1 aromatic heterocycles. The molecule has 1 aromatic carbocycles. The van der Waals surface area contributed by atoms with Crippen LogP contribution in [-0.4, -0.2) is 63.5 Å². The molecule has 0 aliphatic carbocycles. The zero-order valence-electron chi connectivity index (χ0n) is 16.4. The van der Waals surface area contributed by atoms with Crippen molar-refractivity contribution in [2.24, 2.45) is 5.14 Å². The maximum absolute atomic E-state index is 12.5. The Hall–Kier alpha value is -2.80. The van der Waals surface area contributed by atoms with Gasteiger partial charge in [0.2, 0.25) is 10.0 Å². The number of thiophene rings is 1. The summed E-state index contributed by atoms with van der Waals surface area (Å²) in [5, 5.41) is 11.8. The normalized spacial score (nSPS) is 16.2. The zero-order valence-corrected chi connectivity index (χ0v) is 18.1. The number of amides is 3. The number of nitrogens with zero attached hydrogens (tertiary/aromatic N) is 1. The lowest BCUT2D eigenvalue weighted by Crippen LogP contribution is -2.47. The van der Waals surface area contributed by atoms with Crippen LogP contribution in [0.25, 0.3) is 0 Å². The summed E-state index contributed by atoms with van der Waals surface area (Å²) in [7, 11) is -3.76. The second-order valence-corrected chi connectivity index (χ2v) is 9.22. The van der Waals surface area contributed by atoms with E-state index in [4.69, 9.17) is 9.88 Å². The first kappa shape index (κ1) is 22.9. The Kier molecular flexibility index (Phi) is 7.38. The van der Waals surface area contributed by atoms with Crippen molar-refractivity contribution in [3.63, 3.8) is 0 Å². The Morgan fingerprint density at radius 3 is 2.48 bits per heavy atom. The molecule has 1 fully saturated rings. The lowest BCUT2D eigenvalue weighted by Gasteiger charge is -2.22. The quantitative estimate of drug-likeness (QED) is 0.476. The molecule has 3 rings (SSSR count). The number of rotatable bonds is 7. The average Bonchev–Trinajstić information content (AvgIpc) is 3.43. The molecular weight excluding hydrogens is 444 g/mol. The Labute approximate surface area is 183 Å². The van der Waals surface area contributed by atoms with Crippen molar-refractivity contribution < 1.29 is 27.5 Å². The number of benzene rings is 1. The summed E-state index contributed by atoms with van der Waals surface area (Å²) >= 11 is 1.32. The zero-order chi connectivity index (χ0) is 22.4. The van der Waals surface area contributed by atoms with E-state index >= 15 is 0 Å². The molecule has 12 heteroatoms. The van der Waals surface area contributed by atoms with Gasteiger partial charge in [-0.05, 0) is 35.6 Å². The Bertz CT molecular complexity index is 1040. The molecule has 3 amide bonds. The number of primary sulfonamides is 1. The minimum atomic E-state index is -3.76. The van der Waals surface area contributed by atoms with E-state index in [1.807, 2.05) is 0 Å². The van der Waals surface area contributed by atoms with Crippen LogP contribution in [0.5, 0.6) is 0 Å². The third kappa shape index (κ3) is 6.10. The van der Waals surface area contributed by atoms with Crippen LogP contribution in [0.1, 0.15) is 15.2 Å². The number of hydrogen-bond donors (Lipinski definition) is 3. The molecule has 1 aliphatic rings. The molecule has 0 spiro atoms. The lowest BCUT2D eigenvalue weighted by atomic mass is 10.1. The minimum absolute atomic E-state index is 0.000369. The third-order valence-electron chi connectivity index (χ3n) is 4.58. The molecule has 0 bridgehead atoms. The maximum Gasteiger partial charge on any atom is 0.309 e. The van der Waals surface area contributed by atoms with E-state index < -0.39 is 28.1 Å². The summed E-state index contributed by atoms with van der Waals surface area (Å²) in [5.74, 6) is -1.82. The number of nitrogens with one attached hydrogen (secondary N) is 2. The summed E-state index contributed by atoms with van der Waals surface area (Å²) in [6.45, 7) is 0.949. The highest BCUT2D eigenvalue weighted by Crippen LogP contribution is 2.17. The smallest absolute Gasteiger partial charge is 0.309 e. The summed E-state index contributed by atoms with van der Waals surface area (Å²) in [6, 6.07) is 9.43. The number of carbonyl (C=O) groups is 3. The molecule has 0 radical (unpaired) electrons. The molecular formula is C19H22N4O6S2. The molecule has 1 aliphatic heterocycles. The number of sulfonamides is 1. The second-order valence-electron chi connectivity index (χ2n) is 6.71. The molecule has 1 saturated heterocycles. The fourth-order valence-electron chi connectivity index (χ4n) is 2.97. The van der Waals surface area contributed by atoms with Gasteiger partial charge in [0, 0.05) is 13.1 Å². The Morgan fingerprint density at radius 2 is 1.84 bits per heavy atom. The fourth-order valence-corrected chi connectivity index (χ4v) is 4.17. The molecule has 10 nitrogen and oxygen atoms in total. The minimum Gasteiger partial charge on any atom is -0.355 e. The van der Waals surface area contributed by atoms with Gasteiger partial charge >= 0.3 is 11.8 Å². The fraction of sp³-hybridized carbons (Fsp3) is 0.316. The van der Waals surface area contributed by atoms with Gasteiger partial charge < -0.3 is 20.3 Å². The van der Waals surface area contributed by atoms with Crippen LogP contribution in [0.4, 0.5) is 0 Å². The van der Waals surface area contributed by atoms with E-state index in [-0.39, 0.29) is 23.9 Å². The number of carbonyl (C=O) groups excluding carboxylic acids is 3. The van der Waals surface area contributed by atoms with Gasteiger partial charge in [-0.3, -0.25) is 14.4 Å². The van der Waals surface area contributed by atoms with Gasteiger partial charge in [0.15, 0.2) is 0 Å². The Balaban J connectivity index is 1.42. The van der Waals surface area contributed by atoms with Gasteiger partial charge in [0.05, 0.1) is 22.9 Å². The van der Waals surface area contributed by atoms with Crippen LogP contribution in [0.15, 0.2) is 46.7 Å². The molecule has 1 unspecified atom stereocenters. The van der Waals surface area contributed by atoms with Crippen molar-refractivity contribution in [2.75, 3.05) is 26.2 Å². The van der Waals surface area contributed by atoms with Crippen molar-refractivity contribution in [3.05, 3.63) is 52.2 Å². The van der Waals surface area contributed by atoms with Gasteiger partial charge in [-0.25, -0.2) is 13.6 Å². The highest BCUT2D eigenvalue weighted by atomic mass is 32.2. The number of hydrogen-bond acceptors (Lipinski definition) is 7. The van der Waals surface area contributed by atoms with Gasteiger partial charge in [-0.1, -0.05) is 18.2 Å². The van der Waals surface area contributed by atoms with Gasteiger partial charge in [0.1, 0.15) is 6.23 Å². The largest absolute Gasteiger partial charge is 0.355 e. The van der Waals surface area contributed by atoms with Crippen LogP contribution in [0.2, 0.25) is 0 Å². The van der Waals surface area contributed by atoms with E-state index in [9.17, 15) is 22.8 Å². The van der Waals surface area contributed by atoms with Crippen molar-refractivity contribution in [1.82, 2.24) is 15.5 Å². The standard InChI is InChI=1S/C19H22N4O6S2/c20-31(27,28)14-5-3-13(4-6-14)7-8-21-17(24)18(25)22-12-16-23(9-10-29-16)19(26)15-2-1-11-30-15/h1-6,11,16H,7-10,12H2,(H,21,24)(H,22,25)(H2,20,27,28). The van der Waals surface area contributed by atoms with Crippen LogP contribution < -0.4 is 15.8 Å². The average molecular weight is 467 g/mol. The first-order chi connectivity index (χ1) is 14.8. The van der Waals surface area contributed by atoms with Gasteiger partial charge in [-0.2, -0.15) is 0 Å². The van der Waals surface area contributed by atoms with Crippen LogP contribution in [0, 0.1) is 0 Å². The van der Waals surface area contributed by atoms with E-state index in [0.717, 1.165) is 5.56 Å². The molecule has 0 saturated carbocycles. The van der Waals surface area contributed by atoms with Crippen molar-refractivity contribution >= 4 is 39.1 Å². The van der Waals surface area contributed by atoms with E-state index in [2.05, 4.69) is 10.6 Å². The molecule has 1 atom stereocenters. The van der Waals surface area contributed by atoms with Crippen LogP contribution in [0.3, 0.4) is 0 Å². The predicted octanol–water partition coefficient (Wildman–Crippen LogP) is -0.331. The summed E-state index contributed by atoms with van der Waals surface area (Å²) in [5.41, 5.74) is 0.773. The molecule has 2 aromatic rings. The van der Waals surface area contributed by atoms with E-state index in [0.29, 0.717) is 24.4 Å². The van der Waals surface area contributed by atoms with Crippen molar-refractivity contribution in [3.8, 4) is 0 Å². The molecule has 31 heavy (non-hydrogen) atoms. The second kappa shape index (κ2) is 10.0. The lowest BCUT2D eigenvalue weighted by molar-refractivity contribution is -0.139. The van der Waals surface area contributed by atoms with Crippen molar-refractivity contribution in [2.45, 2.75) is 17.5 Å². The predicted molar refractivity (Wildman–Crippen MR) is 113 cm³/mol. The highest BCUT2D eigenvalue weighted by molar-refractivity contribution is 7.89. The highest BCUT2D eigenvalue weighted by Gasteiger charge is 2.31. The van der Waals surface area contributed by atoms with Crippen LogP contribution >= 0.6 is 11.3 Å².